The molecule has 0 aliphatic carbocycles. The van der Waals surface area contributed by atoms with E-state index in [2.05, 4.69) is 10.2 Å². The molecule has 2 aromatic rings. The van der Waals surface area contributed by atoms with Crippen molar-refractivity contribution in [2.45, 2.75) is 25.8 Å². The number of aryl methyl sites for hydroxylation is 2. The van der Waals surface area contributed by atoms with Gasteiger partial charge >= 0.3 is 5.97 Å². The van der Waals surface area contributed by atoms with Crippen molar-refractivity contribution < 1.29 is 14.1 Å². The van der Waals surface area contributed by atoms with Crippen LogP contribution in [0.25, 0.3) is 11.0 Å². The van der Waals surface area contributed by atoms with Crippen LogP contribution < -0.4 is 10.3 Å². The number of fused-ring (bicyclic) bond motifs is 1. The molecule has 7 nitrogen and oxygen atoms in total. The molecule has 0 unspecified atom stereocenters. The first-order valence-corrected chi connectivity index (χ1v) is 6.83. The number of carbonyl (C=O) groups excluding carboxylic acids is 1. The molecule has 7 heteroatoms. The number of aromatic nitrogens is 2. The molecule has 0 fully saturated rings. The topological polar surface area (TPSA) is 101 Å². The molecule has 0 radical (unpaired) electrons. The van der Waals surface area contributed by atoms with Crippen molar-refractivity contribution in [3.63, 3.8) is 0 Å². The predicted octanol–water partition coefficient (Wildman–Crippen LogP) is 1.21. The third-order valence-electron chi connectivity index (χ3n) is 3.41. The summed E-state index contributed by atoms with van der Waals surface area (Å²) in [4.78, 5) is 25.3. The number of carbonyl (C=O) groups is 1. The van der Waals surface area contributed by atoms with Crippen LogP contribution in [0.2, 0.25) is 0 Å². The Morgan fingerprint density at radius 2 is 2.29 bits per heavy atom. The Morgan fingerprint density at radius 1 is 1.52 bits per heavy atom. The molecule has 0 saturated carbocycles. The van der Waals surface area contributed by atoms with Crippen LogP contribution in [-0.2, 0) is 23.0 Å². The Labute approximate surface area is 122 Å². The van der Waals surface area contributed by atoms with Crippen LogP contribution in [0.15, 0.2) is 23.4 Å². The highest BCUT2D eigenvalue weighted by molar-refractivity contribution is 5.76. The van der Waals surface area contributed by atoms with Crippen LogP contribution in [0.3, 0.4) is 0 Å². The zero-order chi connectivity index (χ0) is 15.4. The Morgan fingerprint density at radius 3 is 2.95 bits per heavy atom. The fourth-order valence-electron chi connectivity index (χ4n) is 2.25. The molecule has 1 atom stereocenters. The number of hydrogen-bond acceptors (Lipinski definition) is 5. The number of rotatable bonds is 6. The van der Waals surface area contributed by atoms with Gasteiger partial charge < -0.3 is 10.5 Å². The van der Waals surface area contributed by atoms with E-state index in [0.29, 0.717) is 25.1 Å². The van der Waals surface area contributed by atoms with E-state index in [-0.39, 0.29) is 5.97 Å². The molecular weight excluding hydrogens is 272 g/mol. The van der Waals surface area contributed by atoms with E-state index in [9.17, 15) is 9.70 Å². The maximum atomic E-state index is 11.5. The molecule has 112 valence electrons. The Bertz CT molecular complexity index is 666. The molecule has 0 amide bonds. The summed E-state index contributed by atoms with van der Waals surface area (Å²) in [6, 6.07) is 4.55. The molecule has 1 heterocycles. The lowest BCUT2D eigenvalue weighted by Gasteiger charge is -2.08. The van der Waals surface area contributed by atoms with Crippen molar-refractivity contribution in [3.8, 4) is 0 Å². The quantitative estimate of drug-likeness (QED) is 0.474. The number of ether oxygens (including phenoxy) is 1. The largest absolute Gasteiger partial charge is 0.465 e. The van der Waals surface area contributed by atoms with E-state index in [1.54, 1.807) is 19.1 Å². The lowest BCUT2D eigenvalue weighted by molar-refractivity contribution is -0.652. The number of nitrogens with two attached hydrogens (primary N) is 1. The minimum atomic E-state index is -0.636. The average molecular weight is 291 g/mol. The zero-order valence-electron chi connectivity index (χ0n) is 12.1. The fourth-order valence-corrected chi connectivity index (χ4v) is 2.25. The summed E-state index contributed by atoms with van der Waals surface area (Å²) in [7, 11) is 1.91. The van der Waals surface area contributed by atoms with Gasteiger partial charge in [0.2, 0.25) is 0 Å². The SMILES string of the molecule is CCOC(=O)[C@@H](N)CCc1[nH]c2cc(N=O)ccc2[n+]1C. The molecule has 21 heavy (non-hydrogen) atoms. The number of esters is 1. The molecule has 0 saturated heterocycles. The number of benzene rings is 1. The minimum absolute atomic E-state index is 0.328. The number of nitrogens with zero attached hydrogens (tertiary/aromatic N) is 2. The van der Waals surface area contributed by atoms with Crippen molar-refractivity contribution in [2.24, 2.45) is 18.0 Å². The van der Waals surface area contributed by atoms with Crippen LogP contribution in [0.5, 0.6) is 0 Å². The van der Waals surface area contributed by atoms with Crippen molar-refractivity contribution in [3.05, 3.63) is 28.9 Å². The molecule has 1 aromatic heterocycles. The monoisotopic (exact) mass is 291 g/mol. The third kappa shape index (κ3) is 3.25. The number of H-pyrrole nitrogens is 1. The molecule has 3 N–H and O–H groups in total. The van der Waals surface area contributed by atoms with Gasteiger partial charge in [0.25, 0.3) is 5.82 Å². The van der Waals surface area contributed by atoms with E-state index >= 15 is 0 Å². The van der Waals surface area contributed by atoms with Gasteiger partial charge in [-0.05, 0) is 30.7 Å². The Kier molecular flexibility index (Phi) is 4.64. The van der Waals surface area contributed by atoms with E-state index in [1.807, 2.05) is 17.7 Å². The zero-order valence-corrected chi connectivity index (χ0v) is 12.1. The van der Waals surface area contributed by atoms with Crippen molar-refractivity contribution >= 4 is 22.7 Å². The summed E-state index contributed by atoms with van der Waals surface area (Å²) >= 11 is 0. The van der Waals surface area contributed by atoms with E-state index in [0.717, 1.165) is 16.9 Å². The van der Waals surface area contributed by atoms with Gasteiger partial charge in [-0.1, -0.05) is 0 Å². The summed E-state index contributed by atoms with van der Waals surface area (Å²) in [6.45, 7) is 2.08. The van der Waals surface area contributed by atoms with Gasteiger partial charge in [-0.15, -0.1) is 4.91 Å². The first-order valence-electron chi connectivity index (χ1n) is 6.83. The fraction of sp³-hybridized carbons (Fsp3) is 0.429. The molecule has 1 aromatic carbocycles. The van der Waals surface area contributed by atoms with E-state index in [4.69, 9.17) is 10.5 Å². The summed E-state index contributed by atoms with van der Waals surface area (Å²) in [5.74, 6) is 0.538. The van der Waals surface area contributed by atoms with Crippen LogP contribution in [0.1, 0.15) is 19.2 Å². The van der Waals surface area contributed by atoms with Crippen LogP contribution in [0.4, 0.5) is 5.69 Å². The second-order valence-electron chi connectivity index (χ2n) is 4.82. The summed E-state index contributed by atoms with van der Waals surface area (Å²) in [5.41, 5.74) is 7.95. The van der Waals surface area contributed by atoms with Gasteiger partial charge in [0.1, 0.15) is 11.7 Å². The second-order valence-corrected chi connectivity index (χ2v) is 4.82. The molecule has 0 spiro atoms. The number of hydrogen-bond donors (Lipinski definition) is 2. The van der Waals surface area contributed by atoms with Gasteiger partial charge in [0.15, 0.2) is 11.0 Å². The Hall–Kier alpha value is -2.28. The Balaban J connectivity index is 2.13. The maximum absolute atomic E-state index is 11.5. The van der Waals surface area contributed by atoms with E-state index < -0.39 is 6.04 Å². The van der Waals surface area contributed by atoms with Crippen molar-refractivity contribution in [1.82, 2.24) is 4.98 Å². The van der Waals surface area contributed by atoms with Gasteiger partial charge in [-0.25, -0.2) is 9.55 Å². The van der Waals surface area contributed by atoms with Crippen LogP contribution in [0, 0.1) is 4.91 Å². The molecule has 2 rings (SSSR count). The third-order valence-corrected chi connectivity index (χ3v) is 3.41. The molecule has 0 bridgehead atoms. The average Bonchev–Trinajstić information content (AvgIpc) is 2.80. The summed E-state index contributed by atoms with van der Waals surface area (Å²) < 4.78 is 6.86. The van der Waals surface area contributed by atoms with Crippen molar-refractivity contribution in [2.75, 3.05) is 6.61 Å². The van der Waals surface area contributed by atoms with Gasteiger partial charge in [0.05, 0.1) is 20.1 Å². The minimum Gasteiger partial charge on any atom is -0.465 e. The molecule has 0 aliphatic heterocycles. The molecule has 0 aliphatic rings. The van der Waals surface area contributed by atoms with Crippen LogP contribution >= 0.6 is 0 Å². The first-order chi connectivity index (χ1) is 10.1. The van der Waals surface area contributed by atoms with Gasteiger partial charge in [-0.3, -0.25) is 4.79 Å². The maximum Gasteiger partial charge on any atom is 0.322 e. The predicted molar refractivity (Wildman–Crippen MR) is 77.9 cm³/mol. The standard InChI is InChI=1S/C14H18N4O3/c1-3-21-14(19)10(15)5-7-13-16-11-8-9(17-20)4-6-12(11)18(13)2/h4,6,8,10H,3,5,7,15H2,1-2H3/p+1/t10-/m0/s1. The molecular formula is C14H19N4O3+. The summed E-state index contributed by atoms with van der Waals surface area (Å²) in [5, 5.41) is 2.92. The number of nitrogens with one attached hydrogen (secondary N) is 1. The van der Waals surface area contributed by atoms with Crippen molar-refractivity contribution in [1.29, 1.82) is 0 Å². The van der Waals surface area contributed by atoms with Crippen LogP contribution in [-0.4, -0.2) is 23.6 Å². The lowest BCUT2D eigenvalue weighted by Crippen LogP contribution is -2.36. The normalized spacial score (nSPS) is 12.3. The highest BCUT2D eigenvalue weighted by Gasteiger charge is 2.20. The number of imidazole rings is 1. The highest BCUT2D eigenvalue weighted by atomic mass is 16.5. The summed E-state index contributed by atoms with van der Waals surface area (Å²) in [6.07, 6.45) is 1.09. The van der Waals surface area contributed by atoms with Gasteiger partial charge in [0, 0.05) is 6.07 Å². The van der Waals surface area contributed by atoms with Gasteiger partial charge in [-0.2, -0.15) is 0 Å². The smallest absolute Gasteiger partial charge is 0.322 e. The van der Waals surface area contributed by atoms with E-state index in [1.165, 1.54) is 0 Å². The second kappa shape index (κ2) is 6.45. The lowest BCUT2D eigenvalue weighted by atomic mass is 10.1. The number of aromatic amines is 1. The first kappa shape index (κ1) is 15.1. The number of nitroso groups, excluding NO2 is 1. The highest BCUT2D eigenvalue weighted by Crippen LogP contribution is 2.18.